The van der Waals surface area contributed by atoms with Crippen LogP contribution in [0.5, 0.6) is 5.75 Å². The van der Waals surface area contributed by atoms with Crippen LogP contribution in [0.25, 0.3) is 6.08 Å². The zero-order chi connectivity index (χ0) is 30.7. The summed E-state index contributed by atoms with van der Waals surface area (Å²) in [5.74, 6) is -2.88. The highest BCUT2D eigenvalue weighted by Crippen LogP contribution is 2.62. The van der Waals surface area contributed by atoms with E-state index in [0.717, 1.165) is 0 Å². The summed E-state index contributed by atoms with van der Waals surface area (Å²) in [5, 5.41) is 11.9. The largest absolute Gasteiger partial charge is 0.424 e. The summed E-state index contributed by atoms with van der Waals surface area (Å²) in [5.41, 5.74) is 0.00890. The molecule has 0 radical (unpaired) electrons. The van der Waals surface area contributed by atoms with Crippen LogP contribution in [-0.4, -0.2) is 40.3 Å². The third-order valence-electron chi connectivity index (χ3n) is 8.81. The van der Waals surface area contributed by atoms with Gasteiger partial charge in [-0.05, 0) is 11.6 Å². The molecule has 1 spiro atoms. The summed E-state index contributed by atoms with van der Waals surface area (Å²) in [6.07, 6.45) is 3.50. The van der Waals surface area contributed by atoms with Gasteiger partial charge in [-0.25, -0.2) is 0 Å². The lowest BCUT2D eigenvalue weighted by Crippen LogP contribution is -2.48. The molecule has 1 saturated heterocycles. The number of nitrogens with zero attached hydrogens (tertiary/aromatic N) is 2. The summed E-state index contributed by atoms with van der Waals surface area (Å²) in [6, 6.07) is 23.7. The molecule has 44 heavy (non-hydrogen) atoms. The van der Waals surface area contributed by atoms with Crippen molar-refractivity contribution in [2.45, 2.75) is 24.9 Å². The van der Waals surface area contributed by atoms with E-state index in [0.29, 0.717) is 22.4 Å². The number of esters is 1. The second kappa shape index (κ2) is 9.95. The van der Waals surface area contributed by atoms with E-state index in [1.54, 1.807) is 95.9 Å². The third kappa shape index (κ3) is 3.72. The Balaban J connectivity index is 1.58. The number of hydrogen-bond donors (Lipinski definition) is 0. The maximum absolute atomic E-state index is 14.8. The van der Waals surface area contributed by atoms with E-state index >= 15 is 0 Å². The molecule has 1 fully saturated rings. The van der Waals surface area contributed by atoms with E-state index in [1.807, 2.05) is 0 Å². The molecule has 1 aliphatic carbocycles. The average Bonchev–Trinajstić information content (AvgIpc) is 3.47. The number of nitro benzene ring substituents is 1. The number of hydrogen-bond acceptors (Lipinski definition) is 8. The molecule has 0 bridgehead atoms. The fourth-order valence-electron chi connectivity index (χ4n) is 7.20. The SMILES string of the molecule is CC(=O)Oc1cccc2c1N1C(C(=O)c3ccccc3)C(c3cccc([N+](=O)[O-])c3)C3(C(=O)c4ccccc4C3=O)C1C=C2. The lowest BCUT2D eigenvalue weighted by atomic mass is 9.64. The van der Waals surface area contributed by atoms with Crippen molar-refractivity contribution < 1.29 is 28.8 Å². The van der Waals surface area contributed by atoms with Crippen LogP contribution in [-0.2, 0) is 4.79 Å². The minimum atomic E-state index is -1.86. The van der Waals surface area contributed by atoms with Gasteiger partial charge >= 0.3 is 5.97 Å². The lowest BCUT2D eigenvalue weighted by molar-refractivity contribution is -0.384. The number of non-ortho nitro benzene ring substituents is 1. The predicted molar refractivity (Wildman–Crippen MR) is 161 cm³/mol. The van der Waals surface area contributed by atoms with Crippen LogP contribution in [0.2, 0.25) is 0 Å². The van der Waals surface area contributed by atoms with Gasteiger partial charge in [0.2, 0.25) is 0 Å². The number of nitro groups is 1. The molecule has 2 heterocycles. The third-order valence-corrected chi connectivity index (χ3v) is 8.81. The maximum Gasteiger partial charge on any atom is 0.308 e. The average molecular weight is 585 g/mol. The number of carbonyl (C=O) groups excluding carboxylic acids is 4. The van der Waals surface area contributed by atoms with E-state index in [-0.39, 0.29) is 28.3 Å². The number of fused-ring (bicyclic) bond motifs is 5. The number of para-hydroxylation sites is 1. The highest BCUT2D eigenvalue weighted by Gasteiger charge is 2.71. The molecular weight excluding hydrogens is 560 g/mol. The van der Waals surface area contributed by atoms with Crippen LogP contribution < -0.4 is 9.64 Å². The van der Waals surface area contributed by atoms with E-state index in [9.17, 15) is 29.3 Å². The monoisotopic (exact) mass is 584 g/mol. The molecule has 2 aliphatic heterocycles. The number of anilines is 1. The van der Waals surface area contributed by atoms with Gasteiger partial charge in [-0.1, -0.05) is 91.0 Å². The number of ketones is 3. The second-order valence-electron chi connectivity index (χ2n) is 11.1. The molecular formula is C35H24N2O7. The minimum Gasteiger partial charge on any atom is -0.424 e. The maximum atomic E-state index is 14.8. The smallest absolute Gasteiger partial charge is 0.308 e. The predicted octanol–water partition coefficient (Wildman–Crippen LogP) is 5.84. The Morgan fingerprint density at radius 2 is 1.52 bits per heavy atom. The van der Waals surface area contributed by atoms with Crippen molar-refractivity contribution in [1.82, 2.24) is 0 Å². The van der Waals surface area contributed by atoms with Crippen LogP contribution in [0, 0.1) is 15.5 Å². The normalized spacial score (nSPS) is 20.7. The van der Waals surface area contributed by atoms with Crippen LogP contribution in [0.15, 0.2) is 103 Å². The first kappa shape index (κ1) is 27.2. The number of benzene rings is 4. The van der Waals surface area contributed by atoms with E-state index in [4.69, 9.17) is 4.74 Å². The first-order valence-electron chi connectivity index (χ1n) is 14.1. The Kier molecular flexibility index (Phi) is 6.14. The fraction of sp³-hybridized carbons (Fsp3) is 0.143. The molecule has 4 aromatic rings. The van der Waals surface area contributed by atoms with Crippen LogP contribution in [0.3, 0.4) is 0 Å². The Labute approximate surface area is 251 Å². The molecule has 0 N–H and O–H groups in total. The molecule has 4 aromatic carbocycles. The van der Waals surface area contributed by atoms with Gasteiger partial charge in [0.1, 0.15) is 11.5 Å². The van der Waals surface area contributed by atoms with Gasteiger partial charge in [0.15, 0.2) is 23.1 Å². The van der Waals surface area contributed by atoms with Gasteiger partial charge in [0.05, 0.1) is 16.7 Å². The minimum absolute atomic E-state index is 0.167. The standard InChI is InChI=1S/C35H24N2O7/c1-20(38)44-27-16-8-11-21-17-18-28-35(33(40)25-14-5-6-15-26(25)34(35)41)29(23-12-7-13-24(19-23)37(42)43)31(36(28)30(21)27)32(39)22-9-3-2-4-10-22/h2-19,28-29,31H,1H3. The number of carbonyl (C=O) groups is 4. The lowest BCUT2D eigenvalue weighted by Gasteiger charge is -2.37. The zero-order valence-corrected chi connectivity index (χ0v) is 23.4. The van der Waals surface area contributed by atoms with Crippen molar-refractivity contribution in [3.8, 4) is 5.75 Å². The van der Waals surface area contributed by atoms with Gasteiger partial charge in [-0.15, -0.1) is 0 Å². The van der Waals surface area contributed by atoms with Gasteiger partial charge in [0, 0.05) is 47.2 Å². The van der Waals surface area contributed by atoms with Crippen LogP contribution in [0.4, 0.5) is 11.4 Å². The number of Topliss-reactive ketones (excluding diaryl/α,β-unsaturated/α-hetero) is 3. The molecule has 7 rings (SSSR count). The fourth-order valence-corrected chi connectivity index (χ4v) is 7.20. The molecule has 9 nitrogen and oxygen atoms in total. The first-order valence-corrected chi connectivity index (χ1v) is 14.1. The molecule has 0 saturated carbocycles. The summed E-state index contributed by atoms with van der Waals surface area (Å²) >= 11 is 0. The van der Waals surface area contributed by atoms with Crippen molar-refractivity contribution in [3.05, 3.63) is 141 Å². The van der Waals surface area contributed by atoms with Crippen molar-refractivity contribution >= 4 is 40.8 Å². The van der Waals surface area contributed by atoms with Crippen molar-refractivity contribution in [3.63, 3.8) is 0 Å². The van der Waals surface area contributed by atoms with Gasteiger partial charge in [-0.3, -0.25) is 29.3 Å². The first-order chi connectivity index (χ1) is 21.2. The van der Waals surface area contributed by atoms with Crippen molar-refractivity contribution in [1.29, 1.82) is 0 Å². The van der Waals surface area contributed by atoms with Crippen LogP contribution >= 0.6 is 0 Å². The summed E-state index contributed by atoms with van der Waals surface area (Å²) in [4.78, 5) is 69.6. The summed E-state index contributed by atoms with van der Waals surface area (Å²) in [6.45, 7) is 1.26. The molecule has 3 atom stereocenters. The number of rotatable bonds is 5. The van der Waals surface area contributed by atoms with E-state index in [2.05, 4.69) is 0 Å². The molecule has 0 aromatic heterocycles. The Bertz CT molecular complexity index is 1910. The highest BCUT2D eigenvalue weighted by atomic mass is 16.6. The topological polar surface area (TPSA) is 124 Å². The second-order valence-corrected chi connectivity index (χ2v) is 11.1. The summed E-state index contributed by atoms with van der Waals surface area (Å²) < 4.78 is 5.63. The zero-order valence-electron chi connectivity index (χ0n) is 23.4. The Hall–Kier alpha value is -5.70. The number of ether oxygens (including phenoxy) is 1. The summed E-state index contributed by atoms with van der Waals surface area (Å²) in [7, 11) is 0. The van der Waals surface area contributed by atoms with E-state index in [1.165, 1.54) is 25.1 Å². The van der Waals surface area contributed by atoms with Gasteiger partial charge in [-0.2, -0.15) is 0 Å². The molecule has 216 valence electrons. The molecule has 3 unspecified atom stereocenters. The van der Waals surface area contributed by atoms with Gasteiger partial charge in [0.25, 0.3) is 5.69 Å². The quantitative estimate of drug-likeness (QED) is 0.0716. The van der Waals surface area contributed by atoms with Gasteiger partial charge < -0.3 is 9.64 Å². The van der Waals surface area contributed by atoms with Crippen molar-refractivity contribution in [2.75, 3.05) is 4.90 Å². The highest BCUT2D eigenvalue weighted by molar-refractivity contribution is 6.32. The van der Waals surface area contributed by atoms with Crippen molar-refractivity contribution in [2.24, 2.45) is 5.41 Å². The molecule has 9 heteroatoms. The Morgan fingerprint density at radius 1 is 0.864 bits per heavy atom. The van der Waals surface area contributed by atoms with Crippen LogP contribution in [0.1, 0.15) is 55.0 Å². The molecule has 0 amide bonds. The molecule has 3 aliphatic rings. The van der Waals surface area contributed by atoms with E-state index < -0.39 is 45.9 Å². The Morgan fingerprint density at radius 3 is 2.18 bits per heavy atom.